The fraction of sp³-hybridized carbons (Fsp3) is 0.500. The van der Waals surface area contributed by atoms with E-state index >= 15 is 0 Å². The fourth-order valence-corrected chi connectivity index (χ4v) is 3.87. The molecule has 2 rings (SSSR count). The van der Waals surface area contributed by atoms with Gasteiger partial charge in [-0.15, -0.1) is 0 Å². The normalized spacial score (nSPS) is 18.4. The van der Waals surface area contributed by atoms with Gasteiger partial charge >= 0.3 is 6.09 Å². The zero-order chi connectivity index (χ0) is 18.4. The molecule has 1 atom stereocenters. The third-order valence-electron chi connectivity index (χ3n) is 4.03. The molecule has 9 heteroatoms. The van der Waals surface area contributed by atoms with Crippen molar-refractivity contribution in [1.82, 2.24) is 9.62 Å². The summed E-state index contributed by atoms with van der Waals surface area (Å²) in [5.74, 6) is -0.290. The van der Waals surface area contributed by atoms with Gasteiger partial charge < -0.3 is 10.1 Å². The molecule has 1 aromatic carbocycles. The number of nitrogens with zero attached hydrogens (tertiary/aromatic N) is 1. The second kappa shape index (κ2) is 8.30. The van der Waals surface area contributed by atoms with Crippen LogP contribution in [-0.2, 0) is 26.1 Å². The van der Waals surface area contributed by atoms with Gasteiger partial charge in [-0.25, -0.2) is 13.2 Å². The van der Waals surface area contributed by atoms with Gasteiger partial charge in [-0.05, 0) is 30.5 Å². The number of hydrogen-bond acceptors (Lipinski definition) is 5. The lowest BCUT2D eigenvalue weighted by molar-refractivity contribution is -0.125. The number of nitrogens with one attached hydrogen (secondary N) is 2. The molecule has 2 N–H and O–H groups in total. The first-order chi connectivity index (χ1) is 11.8. The van der Waals surface area contributed by atoms with Gasteiger partial charge in [-0.3, -0.25) is 10.1 Å². The molecule has 1 heterocycles. The van der Waals surface area contributed by atoms with Crippen molar-refractivity contribution in [3.8, 4) is 0 Å². The number of rotatable bonds is 5. The van der Waals surface area contributed by atoms with Crippen LogP contribution < -0.4 is 10.6 Å². The van der Waals surface area contributed by atoms with Gasteiger partial charge in [-0.1, -0.05) is 18.6 Å². The molecule has 25 heavy (non-hydrogen) atoms. The summed E-state index contributed by atoms with van der Waals surface area (Å²) in [6.07, 6.45) is 2.70. The van der Waals surface area contributed by atoms with Crippen LogP contribution in [-0.4, -0.2) is 50.7 Å². The summed E-state index contributed by atoms with van der Waals surface area (Å²) >= 11 is 0. The molecule has 1 aliphatic rings. The van der Waals surface area contributed by atoms with Crippen LogP contribution in [0.1, 0.15) is 24.8 Å². The molecular formula is C16H23N3O5S. The molecular weight excluding hydrogens is 346 g/mol. The Labute approximate surface area is 147 Å². The minimum absolute atomic E-state index is 0.283. The number of carbonyl (C=O) groups is 2. The number of hydrogen-bond donors (Lipinski definition) is 2. The first kappa shape index (κ1) is 19.2. The zero-order valence-electron chi connectivity index (χ0n) is 14.3. The van der Waals surface area contributed by atoms with Crippen LogP contribution in [0.15, 0.2) is 24.3 Å². The zero-order valence-corrected chi connectivity index (χ0v) is 15.1. The maximum absolute atomic E-state index is 12.4. The minimum Gasteiger partial charge on any atom is -0.453 e. The SMILES string of the molecule is COC(=O)Nc1ccc(CNC(=O)C2CCCCN2S(C)(=O)=O)cc1. The van der Waals surface area contributed by atoms with Crippen molar-refractivity contribution in [2.24, 2.45) is 0 Å². The predicted molar refractivity (Wildman–Crippen MR) is 93.5 cm³/mol. The lowest BCUT2D eigenvalue weighted by atomic mass is 10.0. The van der Waals surface area contributed by atoms with E-state index in [1.54, 1.807) is 24.3 Å². The first-order valence-electron chi connectivity index (χ1n) is 7.99. The quantitative estimate of drug-likeness (QED) is 0.814. The Hall–Kier alpha value is -2.13. The Bertz CT molecular complexity index is 718. The highest BCUT2D eigenvalue weighted by atomic mass is 32.2. The molecule has 1 aromatic rings. The Kier molecular flexibility index (Phi) is 6.38. The lowest BCUT2D eigenvalue weighted by Gasteiger charge is -2.32. The second-order valence-electron chi connectivity index (χ2n) is 5.92. The number of carbonyl (C=O) groups excluding carboxylic acids is 2. The number of ether oxygens (including phenoxy) is 1. The molecule has 138 valence electrons. The summed E-state index contributed by atoms with van der Waals surface area (Å²) < 4.78 is 29.4. The van der Waals surface area contributed by atoms with Crippen molar-refractivity contribution in [3.63, 3.8) is 0 Å². The van der Waals surface area contributed by atoms with E-state index in [0.29, 0.717) is 18.7 Å². The minimum atomic E-state index is -3.40. The lowest BCUT2D eigenvalue weighted by Crippen LogP contribution is -2.51. The third-order valence-corrected chi connectivity index (χ3v) is 5.32. The average molecular weight is 369 g/mol. The average Bonchev–Trinajstić information content (AvgIpc) is 2.60. The highest BCUT2D eigenvalue weighted by molar-refractivity contribution is 7.88. The molecule has 8 nitrogen and oxygen atoms in total. The van der Waals surface area contributed by atoms with Crippen molar-refractivity contribution in [1.29, 1.82) is 0 Å². The highest BCUT2D eigenvalue weighted by Crippen LogP contribution is 2.20. The van der Waals surface area contributed by atoms with Crippen molar-refractivity contribution in [2.45, 2.75) is 31.8 Å². The van der Waals surface area contributed by atoms with Gasteiger partial charge in [0.25, 0.3) is 0 Å². The maximum Gasteiger partial charge on any atom is 0.411 e. The first-order valence-corrected chi connectivity index (χ1v) is 9.84. The molecule has 1 fully saturated rings. The summed E-state index contributed by atoms with van der Waals surface area (Å²) in [7, 11) is -2.12. The molecule has 0 aromatic heterocycles. The monoisotopic (exact) mass is 369 g/mol. The molecule has 0 bridgehead atoms. The van der Waals surface area contributed by atoms with Crippen LogP contribution in [0.25, 0.3) is 0 Å². The number of piperidine rings is 1. The molecule has 1 saturated heterocycles. The Balaban J connectivity index is 1.93. The van der Waals surface area contributed by atoms with Crippen LogP contribution in [0, 0.1) is 0 Å². The second-order valence-corrected chi connectivity index (χ2v) is 7.85. The fourth-order valence-electron chi connectivity index (χ4n) is 2.75. The van der Waals surface area contributed by atoms with Crippen molar-refractivity contribution < 1.29 is 22.7 Å². The van der Waals surface area contributed by atoms with E-state index in [9.17, 15) is 18.0 Å². The van der Waals surface area contributed by atoms with Crippen LogP contribution >= 0.6 is 0 Å². The largest absolute Gasteiger partial charge is 0.453 e. The van der Waals surface area contributed by atoms with Gasteiger partial charge in [0.05, 0.1) is 13.4 Å². The Morgan fingerprint density at radius 1 is 1.24 bits per heavy atom. The summed E-state index contributed by atoms with van der Waals surface area (Å²) in [5.41, 5.74) is 1.42. The van der Waals surface area contributed by atoms with Crippen LogP contribution in [0.3, 0.4) is 0 Å². The number of anilines is 1. The van der Waals surface area contributed by atoms with E-state index in [1.165, 1.54) is 11.4 Å². The molecule has 1 aliphatic heterocycles. The smallest absolute Gasteiger partial charge is 0.411 e. The van der Waals surface area contributed by atoms with E-state index < -0.39 is 22.2 Å². The van der Waals surface area contributed by atoms with Gasteiger partial charge in [0, 0.05) is 18.8 Å². The number of benzene rings is 1. The molecule has 0 radical (unpaired) electrons. The number of amides is 2. The molecule has 0 saturated carbocycles. The highest BCUT2D eigenvalue weighted by Gasteiger charge is 2.34. The van der Waals surface area contributed by atoms with Crippen molar-refractivity contribution >= 4 is 27.7 Å². The van der Waals surface area contributed by atoms with Crippen LogP contribution in [0.5, 0.6) is 0 Å². The molecule has 0 aliphatic carbocycles. The summed E-state index contributed by atoms with van der Waals surface area (Å²) in [6.45, 7) is 0.663. The molecule has 2 amide bonds. The predicted octanol–water partition coefficient (Wildman–Crippen LogP) is 1.30. The maximum atomic E-state index is 12.4. The summed E-state index contributed by atoms with van der Waals surface area (Å²) in [6, 6.07) is 6.27. The van der Waals surface area contributed by atoms with E-state index in [4.69, 9.17) is 0 Å². The van der Waals surface area contributed by atoms with Crippen LogP contribution in [0.4, 0.5) is 10.5 Å². The van der Waals surface area contributed by atoms with Crippen molar-refractivity contribution in [2.75, 3.05) is 25.2 Å². The topological polar surface area (TPSA) is 105 Å². The Morgan fingerprint density at radius 2 is 1.92 bits per heavy atom. The Morgan fingerprint density at radius 3 is 2.52 bits per heavy atom. The molecule has 0 spiro atoms. The van der Waals surface area contributed by atoms with Gasteiger partial charge in [-0.2, -0.15) is 4.31 Å². The standard InChI is InChI=1S/C16H23N3O5S/c1-24-16(21)18-13-8-6-12(7-9-13)11-17-15(20)14-5-3-4-10-19(14)25(2,22)23/h6-9,14H,3-5,10-11H2,1-2H3,(H,17,20)(H,18,21). The van der Waals surface area contributed by atoms with Gasteiger partial charge in [0.1, 0.15) is 6.04 Å². The van der Waals surface area contributed by atoms with E-state index in [2.05, 4.69) is 15.4 Å². The van der Waals surface area contributed by atoms with Gasteiger partial charge in [0.2, 0.25) is 15.9 Å². The van der Waals surface area contributed by atoms with Gasteiger partial charge in [0.15, 0.2) is 0 Å². The summed E-state index contributed by atoms with van der Waals surface area (Å²) in [4.78, 5) is 23.5. The number of sulfonamides is 1. The number of methoxy groups -OCH3 is 1. The third kappa shape index (κ3) is 5.43. The molecule has 1 unspecified atom stereocenters. The van der Waals surface area contributed by atoms with E-state index in [1.807, 2.05) is 0 Å². The van der Waals surface area contributed by atoms with Crippen molar-refractivity contribution in [3.05, 3.63) is 29.8 Å². The van der Waals surface area contributed by atoms with E-state index in [-0.39, 0.29) is 12.5 Å². The van der Waals surface area contributed by atoms with Crippen LogP contribution in [0.2, 0.25) is 0 Å². The van der Waals surface area contributed by atoms with E-state index in [0.717, 1.165) is 24.7 Å². The summed E-state index contributed by atoms with van der Waals surface area (Å²) in [5, 5.41) is 5.32.